The molecular formula is C9H18N2O2. The molecule has 0 radical (unpaired) electrons. The zero-order valence-electron chi connectivity index (χ0n) is 8.50. The van der Waals surface area contributed by atoms with E-state index >= 15 is 0 Å². The quantitative estimate of drug-likeness (QED) is 0.629. The minimum absolute atomic E-state index is 0.0691. The Morgan fingerprint density at radius 2 is 2.15 bits per heavy atom. The molecule has 1 aliphatic heterocycles. The molecule has 0 unspecified atom stereocenters. The zero-order valence-corrected chi connectivity index (χ0v) is 8.50. The third kappa shape index (κ3) is 2.19. The van der Waals surface area contributed by atoms with Crippen LogP contribution in [0.5, 0.6) is 0 Å². The molecule has 0 spiro atoms. The first-order chi connectivity index (χ1) is 5.97. The average molecular weight is 186 g/mol. The summed E-state index contributed by atoms with van der Waals surface area (Å²) < 4.78 is 0. The summed E-state index contributed by atoms with van der Waals surface area (Å²) in [4.78, 5) is 13.4. The van der Waals surface area contributed by atoms with E-state index in [0.29, 0.717) is 13.1 Å². The summed E-state index contributed by atoms with van der Waals surface area (Å²) in [5, 5.41) is 12.2. The Bertz CT molecular complexity index is 198. The number of rotatable bonds is 3. The van der Waals surface area contributed by atoms with Crippen LogP contribution < -0.4 is 5.32 Å². The van der Waals surface area contributed by atoms with Crippen LogP contribution in [0.3, 0.4) is 0 Å². The maximum absolute atomic E-state index is 11.7. The van der Waals surface area contributed by atoms with Crippen LogP contribution in [-0.4, -0.2) is 47.2 Å². The lowest BCUT2D eigenvalue weighted by Gasteiger charge is -2.40. The Morgan fingerprint density at radius 1 is 1.62 bits per heavy atom. The molecule has 2 N–H and O–H groups in total. The molecule has 0 aromatic heterocycles. The van der Waals surface area contributed by atoms with Crippen LogP contribution >= 0.6 is 0 Å². The number of carbonyl (C=O) groups is 1. The molecule has 0 bridgehead atoms. The molecule has 0 aliphatic carbocycles. The first-order valence-corrected chi connectivity index (χ1v) is 4.70. The van der Waals surface area contributed by atoms with Gasteiger partial charge in [0.1, 0.15) is 0 Å². The van der Waals surface area contributed by atoms with Crippen molar-refractivity contribution < 1.29 is 9.90 Å². The van der Waals surface area contributed by atoms with Crippen molar-refractivity contribution in [3.05, 3.63) is 0 Å². The van der Waals surface area contributed by atoms with Gasteiger partial charge in [-0.05, 0) is 20.4 Å². The SMILES string of the molecule is CCNC(C)(C)C(=O)N1CC(O)C1. The standard InChI is InChI=1S/C9H18N2O2/c1-4-10-9(2,3)8(13)11-5-7(12)6-11/h7,10,12H,4-6H2,1-3H3. The predicted octanol–water partition coefficient (Wildman–Crippen LogP) is -0.422. The predicted molar refractivity (Wildman–Crippen MR) is 50.3 cm³/mol. The van der Waals surface area contributed by atoms with E-state index in [4.69, 9.17) is 5.11 Å². The summed E-state index contributed by atoms with van der Waals surface area (Å²) in [5.74, 6) is 0.0691. The second kappa shape index (κ2) is 3.64. The third-order valence-electron chi connectivity index (χ3n) is 2.30. The fourth-order valence-electron chi connectivity index (χ4n) is 1.53. The molecule has 4 heteroatoms. The Labute approximate surface area is 78.9 Å². The Morgan fingerprint density at radius 3 is 2.54 bits per heavy atom. The summed E-state index contributed by atoms with van der Waals surface area (Å²) >= 11 is 0. The van der Waals surface area contributed by atoms with Crippen molar-refractivity contribution in [2.45, 2.75) is 32.4 Å². The lowest BCUT2D eigenvalue weighted by molar-refractivity contribution is -0.147. The normalized spacial score (nSPS) is 18.6. The van der Waals surface area contributed by atoms with E-state index in [2.05, 4.69) is 5.32 Å². The minimum Gasteiger partial charge on any atom is -0.389 e. The molecule has 0 aromatic rings. The molecule has 1 amide bonds. The monoisotopic (exact) mass is 186 g/mol. The van der Waals surface area contributed by atoms with Gasteiger partial charge in [0.15, 0.2) is 0 Å². The Balaban J connectivity index is 2.46. The number of amides is 1. The zero-order chi connectivity index (χ0) is 10.1. The van der Waals surface area contributed by atoms with E-state index in [0.717, 1.165) is 6.54 Å². The van der Waals surface area contributed by atoms with Crippen molar-refractivity contribution in [3.8, 4) is 0 Å². The van der Waals surface area contributed by atoms with Gasteiger partial charge in [0.2, 0.25) is 5.91 Å². The smallest absolute Gasteiger partial charge is 0.242 e. The van der Waals surface area contributed by atoms with Gasteiger partial charge in [0.25, 0.3) is 0 Å². The third-order valence-corrected chi connectivity index (χ3v) is 2.30. The molecule has 0 atom stereocenters. The summed E-state index contributed by atoms with van der Waals surface area (Å²) in [6, 6.07) is 0. The van der Waals surface area contributed by atoms with Crippen molar-refractivity contribution in [2.24, 2.45) is 0 Å². The molecule has 1 heterocycles. The summed E-state index contributed by atoms with van der Waals surface area (Å²) in [6.45, 7) is 7.43. The number of aliphatic hydroxyl groups excluding tert-OH is 1. The number of nitrogens with zero attached hydrogens (tertiary/aromatic N) is 1. The van der Waals surface area contributed by atoms with Crippen LogP contribution in [0, 0.1) is 0 Å². The molecule has 13 heavy (non-hydrogen) atoms. The van der Waals surface area contributed by atoms with E-state index in [1.807, 2.05) is 20.8 Å². The van der Waals surface area contributed by atoms with Crippen molar-refractivity contribution in [2.75, 3.05) is 19.6 Å². The maximum Gasteiger partial charge on any atom is 0.242 e. The van der Waals surface area contributed by atoms with Crippen LogP contribution in [0.1, 0.15) is 20.8 Å². The van der Waals surface area contributed by atoms with E-state index in [1.165, 1.54) is 0 Å². The van der Waals surface area contributed by atoms with Gasteiger partial charge in [-0.15, -0.1) is 0 Å². The fraction of sp³-hybridized carbons (Fsp3) is 0.889. The molecule has 1 saturated heterocycles. The fourth-order valence-corrected chi connectivity index (χ4v) is 1.53. The Hall–Kier alpha value is -0.610. The molecule has 1 aliphatic rings. The van der Waals surface area contributed by atoms with Crippen LogP contribution in [0.2, 0.25) is 0 Å². The van der Waals surface area contributed by atoms with Crippen molar-refractivity contribution in [3.63, 3.8) is 0 Å². The van der Waals surface area contributed by atoms with Crippen molar-refractivity contribution in [1.29, 1.82) is 0 Å². The number of hydrogen-bond donors (Lipinski definition) is 2. The van der Waals surface area contributed by atoms with Crippen molar-refractivity contribution in [1.82, 2.24) is 10.2 Å². The van der Waals surface area contributed by atoms with Crippen LogP contribution in [0.15, 0.2) is 0 Å². The van der Waals surface area contributed by atoms with Gasteiger partial charge in [-0.3, -0.25) is 4.79 Å². The molecule has 1 rings (SSSR count). The molecule has 76 valence electrons. The second-order valence-corrected chi connectivity index (χ2v) is 4.02. The number of likely N-dealkylation sites (N-methyl/N-ethyl adjacent to an activating group) is 1. The van der Waals surface area contributed by atoms with E-state index in [1.54, 1.807) is 4.90 Å². The van der Waals surface area contributed by atoms with E-state index < -0.39 is 5.54 Å². The highest BCUT2D eigenvalue weighted by atomic mass is 16.3. The molecule has 0 saturated carbocycles. The molecule has 4 nitrogen and oxygen atoms in total. The number of hydrogen-bond acceptors (Lipinski definition) is 3. The Kier molecular flexibility index (Phi) is 2.93. The van der Waals surface area contributed by atoms with Gasteiger partial charge >= 0.3 is 0 Å². The van der Waals surface area contributed by atoms with Crippen molar-refractivity contribution >= 4 is 5.91 Å². The van der Waals surface area contributed by atoms with Crippen LogP contribution in [-0.2, 0) is 4.79 Å². The number of aliphatic hydroxyl groups is 1. The number of likely N-dealkylation sites (tertiary alicyclic amines) is 1. The van der Waals surface area contributed by atoms with Gasteiger partial charge in [0, 0.05) is 13.1 Å². The van der Waals surface area contributed by atoms with Crippen LogP contribution in [0.25, 0.3) is 0 Å². The highest BCUT2D eigenvalue weighted by Crippen LogP contribution is 2.14. The minimum atomic E-state index is -0.505. The first kappa shape index (κ1) is 10.5. The second-order valence-electron chi connectivity index (χ2n) is 4.02. The topological polar surface area (TPSA) is 52.6 Å². The summed E-state index contributed by atoms with van der Waals surface area (Å²) in [7, 11) is 0. The molecular weight excluding hydrogens is 168 g/mol. The van der Waals surface area contributed by atoms with Crippen LogP contribution in [0.4, 0.5) is 0 Å². The van der Waals surface area contributed by atoms with Gasteiger partial charge in [-0.25, -0.2) is 0 Å². The number of carbonyl (C=O) groups excluding carboxylic acids is 1. The lowest BCUT2D eigenvalue weighted by Crippen LogP contribution is -2.62. The highest BCUT2D eigenvalue weighted by molar-refractivity contribution is 5.86. The van der Waals surface area contributed by atoms with E-state index in [-0.39, 0.29) is 12.0 Å². The van der Waals surface area contributed by atoms with Gasteiger partial charge in [-0.2, -0.15) is 0 Å². The maximum atomic E-state index is 11.7. The summed E-state index contributed by atoms with van der Waals surface area (Å²) in [5.41, 5.74) is -0.505. The van der Waals surface area contributed by atoms with Gasteiger partial charge < -0.3 is 15.3 Å². The average Bonchev–Trinajstić information content (AvgIpc) is 1.97. The molecule has 1 fully saturated rings. The summed E-state index contributed by atoms with van der Waals surface area (Å²) in [6.07, 6.45) is -0.318. The van der Waals surface area contributed by atoms with E-state index in [9.17, 15) is 4.79 Å². The number of β-amino-alcohol motifs (C(OH)–C–C–N with tert-alkyl or cyclic N) is 1. The lowest BCUT2D eigenvalue weighted by atomic mass is 10.0. The van der Waals surface area contributed by atoms with Gasteiger partial charge in [0.05, 0.1) is 11.6 Å². The number of nitrogens with one attached hydrogen (secondary N) is 1. The highest BCUT2D eigenvalue weighted by Gasteiger charge is 2.37. The van der Waals surface area contributed by atoms with Gasteiger partial charge in [-0.1, -0.05) is 6.92 Å². The first-order valence-electron chi connectivity index (χ1n) is 4.70. The largest absolute Gasteiger partial charge is 0.389 e. The molecule has 0 aromatic carbocycles.